The van der Waals surface area contributed by atoms with Crippen LogP contribution in [0.1, 0.15) is 65.4 Å². The van der Waals surface area contributed by atoms with Gasteiger partial charge in [-0.15, -0.1) is 0 Å². The van der Waals surface area contributed by atoms with Gasteiger partial charge in [0.2, 0.25) is 5.91 Å². The first-order chi connectivity index (χ1) is 21.0. The van der Waals surface area contributed by atoms with Gasteiger partial charge in [-0.05, 0) is 56.4 Å². The molecular weight excluding hydrogens is 586 g/mol. The lowest BCUT2D eigenvalue weighted by molar-refractivity contribution is -0.141. The van der Waals surface area contributed by atoms with E-state index in [2.05, 4.69) is 0 Å². The lowest BCUT2D eigenvalue weighted by Gasteiger charge is -2.42. The van der Waals surface area contributed by atoms with Gasteiger partial charge in [-0.1, -0.05) is 51.1 Å². The van der Waals surface area contributed by atoms with Gasteiger partial charge in [-0.2, -0.15) is 0 Å². The topological polar surface area (TPSA) is 154 Å². The van der Waals surface area contributed by atoms with Crippen LogP contribution in [0, 0.1) is 17.0 Å². The summed E-state index contributed by atoms with van der Waals surface area (Å²) in [5.41, 5.74) is 1.19. The highest BCUT2D eigenvalue weighted by molar-refractivity contribution is 5.85. The van der Waals surface area contributed by atoms with E-state index >= 15 is 0 Å². The lowest BCUT2D eigenvalue weighted by Crippen LogP contribution is -2.58. The Morgan fingerprint density at radius 1 is 1.04 bits per heavy atom. The Hall–Kier alpha value is -4.36. The SMILES string of the molecule is CC(C)(C)[C@H](c1nc(-c2cc(F)ccc2F)cn1Cc1ccccc1)N(CC[C@@H](C(=O)NN)N(C(=O)O)C(C)(C)C)C(=O)CO. The van der Waals surface area contributed by atoms with Crippen molar-refractivity contribution < 1.29 is 33.4 Å². The van der Waals surface area contributed by atoms with E-state index in [1.54, 1.807) is 31.5 Å². The van der Waals surface area contributed by atoms with Crippen LogP contribution in [0.5, 0.6) is 0 Å². The summed E-state index contributed by atoms with van der Waals surface area (Å²) >= 11 is 0. The van der Waals surface area contributed by atoms with Gasteiger partial charge in [-0.3, -0.25) is 19.9 Å². The number of nitrogens with zero attached hydrogens (tertiary/aromatic N) is 4. The molecule has 0 aliphatic heterocycles. The molecule has 0 aliphatic rings. The zero-order valence-corrected chi connectivity index (χ0v) is 26.4. The van der Waals surface area contributed by atoms with Crippen molar-refractivity contribution in [2.24, 2.45) is 11.3 Å². The molecule has 45 heavy (non-hydrogen) atoms. The molecule has 5 N–H and O–H groups in total. The number of aromatic nitrogens is 2. The summed E-state index contributed by atoms with van der Waals surface area (Å²) in [6.07, 6.45) is 0.0517. The van der Waals surface area contributed by atoms with Gasteiger partial charge in [0.1, 0.15) is 30.1 Å². The molecule has 0 saturated carbocycles. The van der Waals surface area contributed by atoms with Crippen LogP contribution in [0.3, 0.4) is 0 Å². The number of hydrogen-bond donors (Lipinski definition) is 4. The predicted octanol–water partition coefficient (Wildman–Crippen LogP) is 4.31. The zero-order chi connectivity index (χ0) is 33.7. The van der Waals surface area contributed by atoms with Gasteiger partial charge >= 0.3 is 6.09 Å². The summed E-state index contributed by atoms with van der Waals surface area (Å²) in [6.45, 7) is 9.63. The third kappa shape index (κ3) is 8.43. The fourth-order valence-corrected chi connectivity index (χ4v) is 5.48. The van der Waals surface area contributed by atoms with Crippen LogP contribution in [0.4, 0.5) is 13.6 Å². The van der Waals surface area contributed by atoms with E-state index in [-0.39, 0.29) is 30.8 Å². The fourth-order valence-electron chi connectivity index (χ4n) is 5.48. The van der Waals surface area contributed by atoms with Gasteiger partial charge in [0.15, 0.2) is 0 Å². The van der Waals surface area contributed by atoms with E-state index in [0.717, 1.165) is 28.7 Å². The maximum atomic E-state index is 14.9. The van der Waals surface area contributed by atoms with E-state index in [9.17, 15) is 33.4 Å². The van der Waals surface area contributed by atoms with Crippen LogP contribution in [0.25, 0.3) is 11.3 Å². The fraction of sp³-hybridized carbons (Fsp3) is 0.438. The summed E-state index contributed by atoms with van der Waals surface area (Å²) in [4.78, 5) is 45.7. The van der Waals surface area contributed by atoms with E-state index in [4.69, 9.17) is 10.8 Å². The van der Waals surface area contributed by atoms with Gasteiger partial charge in [0, 0.05) is 30.4 Å². The number of hydrazine groups is 1. The third-order valence-electron chi connectivity index (χ3n) is 7.37. The summed E-state index contributed by atoms with van der Waals surface area (Å²) in [7, 11) is 0. The second kappa shape index (κ2) is 14.2. The number of imidazole rings is 1. The molecule has 0 aliphatic carbocycles. The molecule has 13 heteroatoms. The van der Waals surface area contributed by atoms with Crippen molar-refractivity contribution in [3.63, 3.8) is 0 Å². The quantitative estimate of drug-likeness (QED) is 0.140. The Kier molecular flexibility index (Phi) is 11.1. The van der Waals surface area contributed by atoms with Crippen molar-refractivity contribution >= 4 is 17.9 Å². The first-order valence-electron chi connectivity index (χ1n) is 14.5. The largest absolute Gasteiger partial charge is 0.465 e. The Morgan fingerprint density at radius 2 is 1.69 bits per heavy atom. The smallest absolute Gasteiger partial charge is 0.408 e. The average Bonchev–Trinajstić information content (AvgIpc) is 3.35. The first kappa shape index (κ1) is 35.1. The average molecular weight is 629 g/mol. The summed E-state index contributed by atoms with van der Waals surface area (Å²) in [6, 6.07) is 10.2. The maximum absolute atomic E-state index is 14.9. The van der Waals surface area contributed by atoms with Crippen LogP contribution in [0.15, 0.2) is 54.7 Å². The Bertz CT molecular complexity index is 1500. The van der Waals surface area contributed by atoms with Crippen molar-refractivity contribution in [1.82, 2.24) is 24.8 Å². The van der Waals surface area contributed by atoms with Crippen molar-refractivity contribution in [3.8, 4) is 11.3 Å². The lowest BCUT2D eigenvalue weighted by atomic mass is 9.84. The molecule has 0 saturated heterocycles. The number of halogens is 2. The minimum Gasteiger partial charge on any atom is -0.465 e. The first-order valence-corrected chi connectivity index (χ1v) is 14.5. The highest BCUT2D eigenvalue weighted by Crippen LogP contribution is 2.40. The standard InChI is InChI=1S/C32H42F2N6O5/c1-31(2,3)27(39(26(42)19-41)15-14-25(29(43)37-35)40(30(44)45)32(4,5)6)28-36-24(22-16-21(33)12-13-23(22)34)18-38(28)17-20-10-8-7-9-11-20/h7-13,16,18,25,27,41H,14-15,17,19,35H2,1-6H3,(H,37,43)(H,44,45)/t25-,27-/m0/s1. The normalized spacial score (nSPS) is 13.2. The number of amides is 3. The van der Waals surface area contributed by atoms with Crippen molar-refractivity contribution in [2.45, 2.75) is 72.1 Å². The molecule has 3 rings (SSSR count). The molecule has 0 radical (unpaired) electrons. The van der Waals surface area contributed by atoms with Crippen molar-refractivity contribution in [1.29, 1.82) is 0 Å². The number of carbonyl (C=O) groups is 3. The predicted molar refractivity (Wildman–Crippen MR) is 164 cm³/mol. The van der Waals surface area contributed by atoms with Crippen molar-refractivity contribution in [3.05, 3.63) is 77.8 Å². The molecular formula is C32H42F2N6O5. The van der Waals surface area contributed by atoms with Gasteiger partial charge in [-0.25, -0.2) is 24.4 Å². The molecule has 0 fully saturated rings. The highest BCUT2D eigenvalue weighted by atomic mass is 19.1. The van der Waals surface area contributed by atoms with Crippen LogP contribution >= 0.6 is 0 Å². The molecule has 0 unspecified atom stereocenters. The van der Waals surface area contributed by atoms with Gasteiger partial charge in [0.05, 0.1) is 11.7 Å². The van der Waals surface area contributed by atoms with Gasteiger partial charge in [0.25, 0.3) is 5.91 Å². The van der Waals surface area contributed by atoms with Crippen LogP contribution in [0.2, 0.25) is 0 Å². The number of rotatable bonds is 11. The Morgan fingerprint density at radius 3 is 2.22 bits per heavy atom. The molecule has 0 bridgehead atoms. The molecule has 2 atom stereocenters. The number of aliphatic hydroxyl groups excluding tert-OH is 1. The molecule has 2 aromatic carbocycles. The zero-order valence-electron chi connectivity index (χ0n) is 26.4. The monoisotopic (exact) mass is 628 g/mol. The minimum absolute atomic E-state index is 0.0716. The molecule has 3 aromatic rings. The Labute approximate surface area is 261 Å². The third-order valence-corrected chi connectivity index (χ3v) is 7.37. The van der Waals surface area contributed by atoms with Crippen LogP contribution < -0.4 is 11.3 Å². The number of nitrogens with one attached hydrogen (secondary N) is 1. The highest BCUT2D eigenvalue weighted by Gasteiger charge is 2.41. The van der Waals surface area contributed by atoms with Crippen LogP contribution in [-0.2, 0) is 16.1 Å². The molecule has 1 aromatic heterocycles. The van der Waals surface area contributed by atoms with E-state index in [1.165, 1.54) is 4.90 Å². The maximum Gasteiger partial charge on any atom is 0.408 e. The van der Waals surface area contributed by atoms with E-state index in [1.807, 2.05) is 56.5 Å². The number of carbonyl (C=O) groups excluding carboxylic acids is 2. The number of aliphatic hydroxyl groups is 1. The molecule has 11 nitrogen and oxygen atoms in total. The second-order valence-corrected chi connectivity index (χ2v) is 12.9. The summed E-state index contributed by atoms with van der Waals surface area (Å²) in [5, 5.41) is 20.1. The van der Waals surface area contributed by atoms with E-state index < -0.39 is 59.2 Å². The number of carboxylic acid groups (broad SMARTS) is 1. The molecule has 3 amide bonds. The molecule has 0 spiro atoms. The van der Waals surface area contributed by atoms with Crippen molar-refractivity contribution in [2.75, 3.05) is 13.2 Å². The summed E-state index contributed by atoms with van der Waals surface area (Å²) in [5.74, 6) is 2.94. The Balaban J connectivity index is 2.20. The number of nitrogens with two attached hydrogens (primary N) is 1. The summed E-state index contributed by atoms with van der Waals surface area (Å²) < 4.78 is 30.9. The van der Waals surface area contributed by atoms with Gasteiger partial charge < -0.3 is 19.7 Å². The second-order valence-electron chi connectivity index (χ2n) is 12.9. The molecule has 244 valence electrons. The molecule has 1 heterocycles. The number of benzene rings is 2. The number of hydrogen-bond acceptors (Lipinski definition) is 6. The van der Waals surface area contributed by atoms with Crippen LogP contribution in [-0.4, -0.2) is 72.2 Å². The van der Waals surface area contributed by atoms with E-state index in [0.29, 0.717) is 5.82 Å². The minimum atomic E-state index is -1.36.